The Balaban J connectivity index is 1.49. The van der Waals surface area contributed by atoms with Crippen LogP contribution in [0.25, 0.3) is 0 Å². The molecule has 4 fully saturated rings. The largest absolute Gasteiger partial charge is 0.336 e. The fourth-order valence-electron chi connectivity index (χ4n) is 5.06. The maximum absolute atomic E-state index is 11.9. The molecule has 118 valence electrons. The summed E-state index contributed by atoms with van der Waals surface area (Å²) < 4.78 is 0. The van der Waals surface area contributed by atoms with Crippen LogP contribution in [0.15, 0.2) is 0 Å². The number of imide groups is 1. The van der Waals surface area contributed by atoms with Gasteiger partial charge in [0.05, 0.1) is 6.54 Å². The standard InChI is InChI=1S/C16H27N3O2/c1-10(2)18-15(21)19-14(20)9-17-16-6-11-3-12(7-16)5-13(4-11)8-16/h10-13,17H,3-9H2,1-2H3,(H2,18,19,20,21). The monoisotopic (exact) mass is 293 g/mol. The molecular weight excluding hydrogens is 266 g/mol. The van der Waals surface area contributed by atoms with Crippen molar-refractivity contribution in [3.8, 4) is 0 Å². The normalized spacial score (nSPS) is 36.8. The van der Waals surface area contributed by atoms with Gasteiger partial charge in [-0.15, -0.1) is 0 Å². The third-order valence-electron chi connectivity index (χ3n) is 5.33. The van der Waals surface area contributed by atoms with Crippen LogP contribution in [0.1, 0.15) is 52.4 Å². The molecule has 0 aliphatic heterocycles. The lowest BCUT2D eigenvalue weighted by Crippen LogP contribution is -2.60. The van der Waals surface area contributed by atoms with E-state index >= 15 is 0 Å². The van der Waals surface area contributed by atoms with Crippen molar-refractivity contribution >= 4 is 11.9 Å². The molecule has 4 rings (SSSR count). The summed E-state index contributed by atoms with van der Waals surface area (Å²) in [6.07, 6.45) is 7.82. The van der Waals surface area contributed by atoms with Gasteiger partial charge in [-0.2, -0.15) is 0 Å². The first-order valence-corrected chi connectivity index (χ1v) is 8.29. The van der Waals surface area contributed by atoms with Gasteiger partial charge in [-0.25, -0.2) is 4.79 Å². The predicted molar refractivity (Wildman–Crippen MR) is 80.7 cm³/mol. The van der Waals surface area contributed by atoms with Crippen LogP contribution >= 0.6 is 0 Å². The maximum Gasteiger partial charge on any atom is 0.321 e. The molecule has 5 nitrogen and oxygen atoms in total. The van der Waals surface area contributed by atoms with Crippen LogP contribution in [0.4, 0.5) is 4.79 Å². The number of amides is 3. The Morgan fingerprint density at radius 1 is 1.05 bits per heavy atom. The molecule has 0 aromatic heterocycles. The van der Waals surface area contributed by atoms with Crippen LogP contribution in [0, 0.1) is 17.8 Å². The van der Waals surface area contributed by atoms with Gasteiger partial charge in [0.25, 0.3) is 0 Å². The van der Waals surface area contributed by atoms with Crippen LogP contribution in [0.3, 0.4) is 0 Å². The predicted octanol–water partition coefficient (Wildman–Crippen LogP) is 1.78. The topological polar surface area (TPSA) is 70.2 Å². The third kappa shape index (κ3) is 3.39. The lowest BCUT2D eigenvalue weighted by Gasteiger charge is -2.57. The highest BCUT2D eigenvalue weighted by Gasteiger charge is 2.50. The molecule has 4 aliphatic rings. The number of nitrogens with one attached hydrogen (secondary N) is 3. The zero-order valence-corrected chi connectivity index (χ0v) is 13.1. The molecular formula is C16H27N3O2. The van der Waals surface area contributed by atoms with Crippen molar-refractivity contribution in [3.05, 3.63) is 0 Å². The van der Waals surface area contributed by atoms with Crippen molar-refractivity contribution in [1.29, 1.82) is 0 Å². The smallest absolute Gasteiger partial charge is 0.321 e. The van der Waals surface area contributed by atoms with Crippen molar-refractivity contribution in [2.45, 2.75) is 64.0 Å². The Kier molecular flexibility index (Phi) is 3.95. The molecule has 0 atom stereocenters. The van der Waals surface area contributed by atoms with E-state index in [1.165, 1.54) is 38.5 Å². The second kappa shape index (κ2) is 5.59. The minimum atomic E-state index is -0.401. The first kappa shape index (κ1) is 14.8. The molecule has 4 aliphatic carbocycles. The number of hydrogen-bond acceptors (Lipinski definition) is 3. The van der Waals surface area contributed by atoms with Crippen molar-refractivity contribution in [2.24, 2.45) is 17.8 Å². The molecule has 4 bridgehead atoms. The Hall–Kier alpha value is -1.10. The van der Waals surface area contributed by atoms with E-state index < -0.39 is 6.03 Å². The molecule has 0 aromatic carbocycles. The molecule has 21 heavy (non-hydrogen) atoms. The lowest BCUT2D eigenvalue weighted by atomic mass is 9.53. The average Bonchev–Trinajstić information content (AvgIpc) is 2.33. The highest BCUT2D eigenvalue weighted by molar-refractivity contribution is 5.95. The van der Waals surface area contributed by atoms with Crippen LogP contribution < -0.4 is 16.0 Å². The van der Waals surface area contributed by atoms with Crippen molar-refractivity contribution in [1.82, 2.24) is 16.0 Å². The zero-order chi connectivity index (χ0) is 15.0. The fourth-order valence-corrected chi connectivity index (χ4v) is 5.06. The number of hydrogen-bond donors (Lipinski definition) is 3. The first-order valence-electron chi connectivity index (χ1n) is 8.29. The van der Waals surface area contributed by atoms with E-state index in [4.69, 9.17) is 0 Å². The summed E-state index contributed by atoms with van der Waals surface area (Å²) >= 11 is 0. The Morgan fingerprint density at radius 3 is 2.05 bits per heavy atom. The summed E-state index contributed by atoms with van der Waals surface area (Å²) in [6, 6.07) is -0.365. The van der Waals surface area contributed by atoms with Crippen molar-refractivity contribution < 1.29 is 9.59 Å². The molecule has 0 spiro atoms. The van der Waals surface area contributed by atoms with Gasteiger partial charge in [0, 0.05) is 11.6 Å². The van der Waals surface area contributed by atoms with E-state index in [9.17, 15) is 9.59 Å². The molecule has 0 saturated heterocycles. The molecule has 5 heteroatoms. The van der Waals surface area contributed by atoms with Crippen LogP contribution in [-0.2, 0) is 4.79 Å². The SMILES string of the molecule is CC(C)NC(=O)NC(=O)CNC12CC3CC(CC(C3)C1)C2. The number of carbonyl (C=O) groups excluding carboxylic acids is 2. The van der Waals surface area contributed by atoms with Gasteiger partial charge < -0.3 is 10.6 Å². The Labute approximate surface area is 126 Å². The summed E-state index contributed by atoms with van der Waals surface area (Å²) in [7, 11) is 0. The van der Waals surface area contributed by atoms with Crippen LogP contribution in [0.5, 0.6) is 0 Å². The zero-order valence-electron chi connectivity index (χ0n) is 13.1. The van der Waals surface area contributed by atoms with Crippen LogP contribution in [0.2, 0.25) is 0 Å². The van der Waals surface area contributed by atoms with E-state index in [-0.39, 0.29) is 24.0 Å². The van der Waals surface area contributed by atoms with Gasteiger partial charge in [-0.05, 0) is 70.1 Å². The van der Waals surface area contributed by atoms with E-state index in [0.717, 1.165) is 17.8 Å². The van der Waals surface area contributed by atoms with Gasteiger partial charge in [-0.1, -0.05) is 0 Å². The summed E-state index contributed by atoms with van der Waals surface area (Å²) in [5, 5.41) is 8.55. The first-order chi connectivity index (χ1) is 9.94. The summed E-state index contributed by atoms with van der Waals surface area (Å²) in [6.45, 7) is 3.99. The van der Waals surface area contributed by atoms with Gasteiger partial charge in [0.1, 0.15) is 0 Å². The van der Waals surface area contributed by atoms with Crippen molar-refractivity contribution in [3.63, 3.8) is 0 Å². The minimum Gasteiger partial charge on any atom is -0.336 e. The second-order valence-corrected chi connectivity index (χ2v) is 7.73. The average molecular weight is 293 g/mol. The fraction of sp³-hybridized carbons (Fsp3) is 0.875. The number of rotatable bonds is 4. The molecule has 3 amide bonds. The van der Waals surface area contributed by atoms with E-state index in [2.05, 4.69) is 16.0 Å². The molecule has 0 aromatic rings. The number of urea groups is 1. The van der Waals surface area contributed by atoms with Crippen molar-refractivity contribution in [2.75, 3.05) is 6.54 Å². The van der Waals surface area contributed by atoms with E-state index in [0.29, 0.717) is 0 Å². The molecule has 0 unspecified atom stereocenters. The van der Waals surface area contributed by atoms with Gasteiger partial charge in [0.2, 0.25) is 5.91 Å². The third-order valence-corrected chi connectivity index (χ3v) is 5.33. The Bertz CT molecular complexity index is 398. The van der Waals surface area contributed by atoms with E-state index in [1.807, 2.05) is 13.8 Å². The highest BCUT2D eigenvalue weighted by Crippen LogP contribution is 2.55. The molecule has 0 radical (unpaired) electrons. The van der Waals surface area contributed by atoms with E-state index in [1.54, 1.807) is 0 Å². The quantitative estimate of drug-likeness (QED) is 0.740. The summed E-state index contributed by atoms with van der Waals surface area (Å²) in [5.41, 5.74) is 0.167. The molecule has 4 saturated carbocycles. The maximum atomic E-state index is 11.9. The van der Waals surface area contributed by atoms with Gasteiger partial charge in [-0.3, -0.25) is 10.1 Å². The molecule has 3 N–H and O–H groups in total. The Morgan fingerprint density at radius 2 is 1.57 bits per heavy atom. The minimum absolute atomic E-state index is 0.0360. The summed E-state index contributed by atoms with van der Waals surface area (Å²) in [4.78, 5) is 23.4. The lowest BCUT2D eigenvalue weighted by molar-refractivity contribution is -0.120. The highest BCUT2D eigenvalue weighted by atomic mass is 16.2. The number of carbonyl (C=O) groups is 2. The second-order valence-electron chi connectivity index (χ2n) is 7.73. The van der Waals surface area contributed by atoms with Gasteiger partial charge >= 0.3 is 6.03 Å². The van der Waals surface area contributed by atoms with Gasteiger partial charge in [0.15, 0.2) is 0 Å². The molecule has 0 heterocycles. The van der Waals surface area contributed by atoms with Crippen LogP contribution in [-0.4, -0.2) is 30.1 Å². The summed E-state index contributed by atoms with van der Waals surface area (Å²) in [5.74, 6) is 2.34.